The fourth-order valence-corrected chi connectivity index (χ4v) is 7.92. The van der Waals surface area contributed by atoms with Gasteiger partial charge in [-0.05, 0) is 27.0 Å². The number of ether oxygens (including phenoxy) is 4. The zero-order valence-corrected chi connectivity index (χ0v) is 36.8. The van der Waals surface area contributed by atoms with Gasteiger partial charge in [0.2, 0.25) is 0 Å². The highest BCUT2D eigenvalue weighted by Gasteiger charge is 2.50. The van der Waals surface area contributed by atoms with Crippen LogP contribution in [0.4, 0.5) is 5.69 Å². The van der Waals surface area contributed by atoms with Crippen LogP contribution < -0.4 is 10.1 Å². The lowest BCUT2D eigenvalue weighted by atomic mass is 9.78. The van der Waals surface area contributed by atoms with Crippen molar-refractivity contribution in [3.8, 4) is 23.0 Å². The molecule has 0 aliphatic carbocycles. The number of hydrazone groups is 1. The minimum Gasteiger partial charge on any atom is -0.507 e. The van der Waals surface area contributed by atoms with Crippen molar-refractivity contribution in [3.63, 3.8) is 0 Å². The Kier molecular flexibility index (Phi) is 16.0. The number of piperazine rings is 1. The number of phenols is 3. The number of nitrogens with one attached hydrogen (secondary N) is 1. The van der Waals surface area contributed by atoms with Gasteiger partial charge in [0.15, 0.2) is 5.75 Å². The van der Waals surface area contributed by atoms with Crippen LogP contribution in [-0.4, -0.2) is 142 Å². The standard InChI is InChI=1S/C43H58N4O12.CH4O/c1-21-12-11-13-22(2)42(55)45-33-28(20-44-47-17-15-46(9)16-18-47)37(52)30-31(38(33)53)36(51)26(6)40-32(30)41(54)43(8,59-40)57-19-14-29(56-10)23(3)39(58-27(7)48)25(5)35(50)24(4)34(21)49;1-2/h11-14,19-21,23-25,29,34-35,39,49-53H,15-18H2,1-10H3,(H,45,55);2H,1H3/b12-11+,19-14+,22-13-,44-20+;/t21-,23+,24+,25+,29-,34-,35+,39+,43-;/m0./s1. The van der Waals surface area contributed by atoms with Crippen LogP contribution in [0.25, 0.3) is 10.8 Å². The second kappa shape index (κ2) is 20.1. The highest BCUT2D eigenvalue weighted by atomic mass is 16.7. The third kappa shape index (κ3) is 9.97. The van der Waals surface area contributed by atoms with Gasteiger partial charge >= 0.3 is 11.8 Å². The summed E-state index contributed by atoms with van der Waals surface area (Å²) in [5, 5.41) is 73.8. The third-order valence-electron chi connectivity index (χ3n) is 11.9. The van der Waals surface area contributed by atoms with Crippen LogP contribution in [0.3, 0.4) is 0 Å². The van der Waals surface area contributed by atoms with Gasteiger partial charge in [0.1, 0.15) is 23.4 Å². The van der Waals surface area contributed by atoms with Crippen LogP contribution in [0.15, 0.2) is 41.2 Å². The first-order valence-electron chi connectivity index (χ1n) is 20.2. The lowest BCUT2D eigenvalue weighted by Gasteiger charge is -2.38. The number of aliphatic hydroxyl groups excluding tert-OH is 3. The smallest absolute Gasteiger partial charge is 0.312 e. The van der Waals surface area contributed by atoms with Gasteiger partial charge in [-0.25, -0.2) is 0 Å². The van der Waals surface area contributed by atoms with Crippen LogP contribution in [0.2, 0.25) is 0 Å². The lowest BCUT2D eigenvalue weighted by Crippen LogP contribution is -2.46. The highest BCUT2D eigenvalue weighted by Crippen LogP contribution is 2.55. The molecular formula is C44H62N4O13. The summed E-state index contributed by atoms with van der Waals surface area (Å²) in [6.07, 6.45) is 4.86. The number of hydrogen-bond donors (Lipinski definition) is 7. The van der Waals surface area contributed by atoms with E-state index in [-0.39, 0.29) is 44.5 Å². The molecule has 4 heterocycles. The Hall–Kier alpha value is -5.20. The number of methoxy groups -OCH3 is 1. The first-order valence-corrected chi connectivity index (χ1v) is 20.2. The largest absolute Gasteiger partial charge is 0.507 e. The van der Waals surface area contributed by atoms with Crippen molar-refractivity contribution in [2.45, 2.75) is 85.6 Å². The summed E-state index contributed by atoms with van der Waals surface area (Å²) in [5.74, 6) is -8.34. The Balaban J connectivity index is 0.00000403. The molecule has 0 unspecified atom stereocenters. The number of allylic oxidation sites excluding steroid dienone is 2. The van der Waals surface area contributed by atoms with Gasteiger partial charge in [-0.2, -0.15) is 5.10 Å². The average molecular weight is 855 g/mol. The van der Waals surface area contributed by atoms with Gasteiger partial charge in [-0.1, -0.05) is 45.9 Å². The number of nitrogens with zero attached hydrogens (tertiary/aromatic N) is 3. The fourth-order valence-electron chi connectivity index (χ4n) is 7.92. The summed E-state index contributed by atoms with van der Waals surface area (Å²) >= 11 is 0. The van der Waals surface area contributed by atoms with E-state index in [9.17, 15) is 39.9 Å². The van der Waals surface area contributed by atoms with E-state index >= 15 is 0 Å². The molecule has 4 aliphatic rings. The van der Waals surface area contributed by atoms with Crippen molar-refractivity contribution in [2.24, 2.45) is 28.8 Å². The molecule has 0 aromatic heterocycles. The van der Waals surface area contributed by atoms with Crippen LogP contribution in [0.1, 0.15) is 70.0 Å². The maximum Gasteiger partial charge on any atom is 0.312 e. The van der Waals surface area contributed by atoms with Gasteiger partial charge in [0, 0.05) is 94.4 Å². The summed E-state index contributed by atoms with van der Waals surface area (Å²) in [7, 11) is 4.42. The van der Waals surface area contributed by atoms with Crippen molar-refractivity contribution >= 4 is 40.3 Å². The predicted molar refractivity (Wildman–Crippen MR) is 229 cm³/mol. The molecule has 0 radical (unpaired) electrons. The SMILES string of the molecule is CO.CO[C@H]1/C=C/O[C@@]2(C)Oc3c(C)c(O)c4c(O)c(c(/C=N/N5CCN(C)CC5)c(O)c4c3C2=O)NC(=O)/C(C)=C\C=C\[C@H](C)[C@H](O)[C@@H](C)[C@@H](O)[C@@H](C)[C@H](OC(C)=O)[C@@H]1C. The number of aromatic hydroxyl groups is 3. The fraction of sp³-hybridized carbons (Fsp3) is 0.545. The number of benzene rings is 2. The summed E-state index contributed by atoms with van der Waals surface area (Å²) < 4.78 is 23.6. The molecule has 7 N–H and O–H groups in total. The number of amides is 1. The summed E-state index contributed by atoms with van der Waals surface area (Å²) in [5.41, 5.74) is -0.350. The number of aliphatic hydroxyl groups is 3. The number of Topliss-reactive ketones (excluding diaryl/α,β-unsaturated/α-hetero) is 1. The summed E-state index contributed by atoms with van der Waals surface area (Å²) in [4.78, 5) is 42.6. The molecule has 61 heavy (non-hydrogen) atoms. The maximum atomic E-state index is 14.4. The normalized spacial score (nSPS) is 31.1. The molecule has 2 aromatic carbocycles. The number of ketones is 1. The molecule has 17 heteroatoms. The minimum atomic E-state index is -2.04. The number of esters is 1. The van der Waals surface area contributed by atoms with Crippen molar-refractivity contribution in [2.75, 3.05) is 52.8 Å². The Morgan fingerprint density at radius 1 is 0.934 bits per heavy atom. The second-order valence-electron chi connectivity index (χ2n) is 16.1. The molecular weight excluding hydrogens is 792 g/mol. The number of carbonyl (C=O) groups is 3. The highest BCUT2D eigenvalue weighted by molar-refractivity contribution is 6.23. The van der Waals surface area contributed by atoms with Gasteiger partial charge < -0.3 is 59.8 Å². The zero-order valence-electron chi connectivity index (χ0n) is 36.8. The van der Waals surface area contributed by atoms with Crippen molar-refractivity contribution < 1.29 is 64.0 Å². The molecule has 17 nitrogen and oxygen atoms in total. The van der Waals surface area contributed by atoms with Crippen molar-refractivity contribution in [1.29, 1.82) is 0 Å². The van der Waals surface area contributed by atoms with E-state index in [0.717, 1.165) is 20.2 Å². The quantitative estimate of drug-likeness (QED) is 0.0998. The van der Waals surface area contributed by atoms with Gasteiger partial charge in [-0.3, -0.25) is 19.4 Å². The van der Waals surface area contributed by atoms with Crippen LogP contribution in [0.5, 0.6) is 23.0 Å². The van der Waals surface area contributed by atoms with Crippen LogP contribution in [-0.2, 0) is 23.8 Å². The van der Waals surface area contributed by atoms with Crippen LogP contribution >= 0.6 is 0 Å². The molecule has 5 bridgehead atoms. The average Bonchev–Trinajstić information content (AvgIpc) is 3.50. The van der Waals surface area contributed by atoms with Crippen LogP contribution in [0, 0.1) is 30.6 Å². The predicted octanol–water partition coefficient (Wildman–Crippen LogP) is 3.94. The first kappa shape index (κ1) is 48.5. The Morgan fingerprint density at radius 3 is 2.18 bits per heavy atom. The zero-order chi connectivity index (χ0) is 45.7. The number of rotatable bonds is 4. The molecule has 2 aromatic rings. The minimum absolute atomic E-state index is 0.0559. The Morgan fingerprint density at radius 2 is 1.57 bits per heavy atom. The molecule has 0 spiro atoms. The summed E-state index contributed by atoms with van der Waals surface area (Å²) in [6, 6.07) is 0. The Labute approximate surface area is 356 Å². The molecule has 6 rings (SSSR count). The first-order chi connectivity index (χ1) is 28.7. The van der Waals surface area contributed by atoms with E-state index in [2.05, 4.69) is 15.3 Å². The number of hydrogen-bond acceptors (Lipinski definition) is 16. The topological polar surface area (TPSA) is 240 Å². The van der Waals surface area contributed by atoms with Gasteiger partial charge in [0.05, 0.1) is 53.0 Å². The van der Waals surface area contributed by atoms with Crippen molar-refractivity contribution in [1.82, 2.24) is 9.91 Å². The molecule has 1 amide bonds. The van der Waals surface area contributed by atoms with Crippen molar-refractivity contribution in [3.05, 3.63) is 52.8 Å². The molecule has 4 aliphatic heterocycles. The number of fused-ring (bicyclic) bond motifs is 14. The number of anilines is 1. The van der Waals surface area contributed by atoms with E-state index in [1.54, 1.807) is 44.9 Å². The van der Waals surface area contributed by atoms with E-state index in [1.165, 1.54) is 59.4 Å². The lowest BCUT2D eigenvalue weighted by molar-refractivity contribution is -0.160. The van der Waals surface area contributed by atoms with Gasteiger partial charge in [-0.15, -0.1) is 0 Å². The third-order valence-corrected chi connectivity index (χ3v) is 11.9. The van der Waals surface area contributed by atoms with E-state index in [1.807, 2.05) is 7.05 Å². The molecule has 1 fully saturated rings. The monoisotopic (exact) mass is 854 g/mol. The Bertz CT molecular complexity index is 2080. The van der Waals surface area contributed by atoms with Gasteiger partial charge in [0.25, 0.3) is 11.7 Å². The maximum absolute atomic E-state index is 14.4. The summed E-state index contributed by atoms with van der Waals surface area (Å²) in [6.45, 7) is 15.1. The molecule has 1 saturated heterocycles. The van der Waals surface area contributed by atoms with E-state index < -0.39 is 88.8 Å². The molecule has 336 valence electrons. The number of likely N-dealkylation sites (N-methyl/N-ethyl adjacent to an activating group) is 1. The number of phenolic OH excluding ortho intramolecular Hbond substituents is 3. The van der Waals surface area contributed by atoms with E-state index in [0.29, 0.717) is 13.1 Å². The molecule has 9 atom stereocenters. The van der Waals surface area contributed by atoms with E-state index in [4.69, 9.17) is 24.1 Å². The molecule has 0 saturated carbocycles. The number of carbonyl (C=O) groups excluding carboxylic acids is 3. The second-order valence-corrected chi connectivity index (χ2v) is 16.1.